The van der Waals surface area contributed by atoms with E-state index in [0.29, 0.717) is 40.3 Å². The Labute approximate surface area is 172 Å². The fraction of sp³-hybridized carbons (Fsp3) is 0.227. The normalized spacial score (nSPS) is 11.3. The summed E-state index contributed by atoms with van der Waals surface area (Å²) in [5, 5.41) is 38.9. The molecule has 2 aromatic heterocycles. The molecule has 4 aromatic rings. The number of nitrogens with zero attached hydrogens (tertiary/aromatic N) is 3. The van der Waals surface area contributed by atoms with Crippen molar-refractivity contribution >= 4 is 17.0 Å². The molecule has 0 spiro atoms. The molecule has 0 amide bonds. The quantitative estimate of drug-likeness (QED) is 0.452. The van der Waals surface area contributed by atoms with Crippen LogP contribution in [0.2, 0.25) is 0 Å². The van der Waals surface area contributed by atoms with Crippen LogP contribution in [-0.2, 0) is 24.7 Å². The number of fused-ring (bicyclic) bond motifs is 1. The number of phenolic OH excluding ortho intramolecular Hbond substituents is 2. The second-order valence-electron chi connectivity index (χ2n) is 7.13. The van der Waals surface area contributed by atoms with Crippen LogP contribution in [0.4, 0.5) is 0 Å². The number of aromatic nitrogens is 4. The molecule has 30 heavy (non-hydrogen) atoms. The molecule has 154 valence electrons. The molecule has 0 fully saturated rings. The predicted molar refractivity (Wildman–Crippen MR) is 110 cm³/mol. The van der Waals surface area contributed by atoms with Crippen molar-refractivity contribution in [1.82, 2.24) is 19.7 Å². The van der Waals surface area contributed by atoms with Crippen LogP contribution in [0.25, 0.3) is 33.7 Å². The number of rotatable bonds is 6. The molecule has 2 aromatic carbocycles. The van der Waals surface area contributed by atoms with Crippen molar-refractivity contribution in [3.05, 3.63) is 47.7 Å². The van der Waals surface area contributed by atoms with Crippen LogP contribution in [0.5, 0.6) is 11.5 Å². The maximum absolute atomic E-state index is 11.0. The maximum atomic E-state index is 11.0. The molecule has 0 aliphatic carbocycles. The van der Waals surface area contributed by atoms with Gasteiger partial charge in [0.15, 0.2) is 0 Å². The Kier molecular flexibility index (Phi) is 4.91. The number of carboxylic acid groups (broad SMARTS) is 1. The Hall–Kier alpha value is -3.81. The molecular weight excluding hydrogens is 384 g/mol. The van der Waals surface area contributed by atoms with Gasteiger partial charge in [0.1, 0.15) is 23.0 Å². The molecule has 8 nitrogen and oxygen atoms in total. The molecule has 4 rings (SSSR count). The van der Waals surface area contributed by atoms with E-state index < -0.39 is 5.97 Å². The monoisotopic (exact) mass is 405 g/mol. The van der Waals surface area contributed by atoms with E-state index in [1.165, 1.54) is 6.07 Å². The van der Waals surface area contributed by atoms with E-state index in [0.717, 1.165) is 11.0 Å². The number of carbonyl (C=O) groups excluding carboxylic acids is 1. The third-order valence-corrected chi connectivity index (χ3v) is 5.26. The highest BCUT2D eigenvalue weighted by molar-refractivity contribution is 5.88. The van der Waals surface area contributed by atoms with Gasteiger partial charge in [-0.05, 0) is 43.0 Å². The van der Waals surface area contributed by atoms with Crippen LogP contribution in [0.1, 0.15) is 24.6 Å². The molecule has 0 radical (unpaired) electrons. The minimum atomic E-state index is -1.16. The van der Waals surface area contributed by atoms with E-state index in [2.05, 4.69) is 10.2 Å². The van der Waals surface area contributed by atoms with E-state index in [-0.39, 0.29) is 24.3 Å². The number of benzene rings is 2. The maximum Gasteiger partial charge on any atom is 0.144 e. The third kappa shape index (κ3) is 3.26. The lowest BCUT2D eigenvalue weighted by molar-refractivity contribution is -0.305. The van der Waals surface area contributed by atoms with Crippen molar-refractivity contribution in [2.45, 2.75) is 26.2 Å². The summed E-state index contributed by atoms with van der Waals surface area (Å²) in [6, 6.07) is 10.6. The number of aliphatic carboxylic acids is 1. The Bertz CT molecular complexity index is 1260. The Balaban J connectivity index is 1.97. The molecule has 0 saturated carbocycles. The van der Waals surface area contributed by atoms with Crippen LogP contribution < -0.4 is 5.11 Å². The first-order valence-corrected chi connectivity index (χ1v) is 9.64. The van der Waals surface area contributed by atoms with Crippen LogP contribution in [-0.4, -0.2) is 35.9 Å². The summed E-state index contributed by atoms with van der Waals surface area (Å²) < 4.78 is 1.91. The van der Waals surface area contributed by atoms with E-state index in [4.69, 9.17) is 4.98 Å². The molecule has 8 heteroatoms. The summed E-state index contributed by atoms with van der Waals surface area (Å²) in [5.41, 5.74) is 4.43. The lowest BCUT2D eigenvalue weighted by Gasteiger charge is -2.11. The number of aromatic hydroxyl groups is 2. The molecule has 0 aliphatic rings. The minimum absolute atomic E-state index is 0.00995. The molecular formula is C22H21N4O4-. The van der Waals surface area contributed by atoms with Crippen LogP contribution in [0, 0.1) is 0 Å². The van der Waals surface area contributed by atoms with Crippen molar-refractivity contribution in [2.24, 2.45) is 7.05 Å². The van der Waals surface area contributed by atoms with Gasteiger partial charge in [-0.25, -0.2) is 4.98 Å². The number of carboxylic acids is 1. The van der Waals surface area contributed by atoms with Gasteiger partial charge in [-0.15, -0.1) is 0 Å². The average Bonchev–Trinajstić information content (AvgIpc) is 3.27. The Morgan fingerprint density at radius 1 is 1.20 bits per heavy atom. The second kappa shape index (κ2) is 7.55. The zero-order chi connectivity index (χ0) is 21.4. The molecule has 0 bridgehead atoms. The topological polar surface area (TPSA) is 127 Å². The fourth-order valence-electron chi connectivity index (χ4n) is 3.69. The van der Waals surface area contributed by atoms with E-state index >= 15 is 0 Å². The molecule has 3 N–H and O–H groups in total. The minimum Gasteiger partial charge on any atom is -0.550 e. The van der Waals surface area contributed by atoms with Gasteiger partial charge in [0, 0.05) is 30.3 Å². The van der Waals surface area contributed by atoms with Crippen LogP contribution >= 0.6 is 0 Å². The first-order valence-electron chi connectivity index (χ1n) is 9.64. The molecule has 0 unspecified atom stereocenters. The summed E-state index contributed by atoms with van der Waals surface area (Å²) >= 11 is 0. The lowest BCUT2D eigenvalue weighted by atomic mass is 9.99. The summed E-state index contributed by atoms with van der Waals surface area (Å²) in [5.74, 6) is -0.680. The number of carbonyl (C=O) groups is 1. The third-order valence-electron chi connectivity index (χ3n) is 5.26. The molecule has 0 saturated heterocycles. The number of H-pyrrole nitrogens is 1. The average molecular weight is 405 g/mol. The van der Waals surface area contributed by atoms with Crippen LogP contribution in [0.3, 0.4) is 0 Å². The molecule has 0 aliphatic heterocycles. The largest absolute Gasteiger partial charge is 0.550 e. The Morgan fingerprint density at radius 2 is 1.97 bits per heavy atom. The molecule has 2 heterocycles. The first-order chi connectivity index (χ1) is 14.4. The zero-order valence-electron chi connectivity index (χ0n) is 16.6. The zero-order valence-corrected chi connectivity index (χ0v) is 16.6. The highest BCUT2D eigenvalue weighted by atomic mass is 16.4. The predicted octanol–water partition coefficient (Wildman–Crippen LogP) is 2.29. The van der Waals surface area contributed by atoms with Crippen molar-refractivity contribution in [1.29, 1.82) is 0 Å². The SMILES string of the molecule is CCc1cc(-c2n[nH]c(CCC(=O)[O-])c2-c2nc3ccccc3n2C)c(O)cc1O. The number of hydrogen-bond acceptors (Lipinski definition) is 6. The summed E-state index contributed by atoms with van der Waals surface area (Å²) in [6.45, 7) is 1.90. The van der Waals surface area contributed by atoms with Gasteiger partial charge in [-0.3, -0.25) is 5.10 Å². The number of nitrogens with one attached hydrogen (secondary N) is 1. The van der Waals surface area contributed by atoms with Gasteiger partial charge in [0.05, 0.1) is 16.6 Å². The van der Waals surface area contributed by atoms with Crippen LogP contribution in [0.15, 0.2) is 36.4 Å². The first kappa shape index (κ1) is 19.5. The standard InChI is InChI=1S/C22H22N4O4/c1-3-12-10-13(18(28)11-17(12)27)21-20(15(24-25-21)8-9-19(29)30)22-23-14-6-4-5-7-16(14)26(22)2/h4-7,10-11,27-28H,3,8-9H2,1-2H3,(H,24,25)(H,29,30)/p-1. The smallest absolute Gasteiger partial charge is 0.144 e. The van der Waals surface area contributed by atoms with E-state index in [1.54, 1.807) is 6.07 Å². The van der Waals surface area contributed by atoms with Gasteiger partial charge >= 0.3 is 0 Å². The molecule has 0 atom stereocenters. The summed E-state index contributed by atoms with van der Waals surface area (Å²) in [4.78, 5) is 15.8. The van der Waals surface area contributed by atoms with Gasteiger partial charge < -0.3 is 24.7 Å². The van der Waals surface area contributed by atoms with Crippen molar-refractivity contribution in [3.8, 4) is 34.1 Å². The second-order valence-corrected chi connectivity index (χ2v) is 7.13. The highest BCUT2D eigenvalue weighted by Gasteiger charge is 2.24. The van der Waals surface area contributed by atoms with E-state index in [9.17, 15) is 20.1 Å². The summed E-state index contributed by atoms with van der Waals surface area (Å²) in [6.07, 6.45) is 0.566. The summed E-state index contributed by atoms with van der Waals surface area (Å²) in [7, 11) is 1.87. The number of para-hydroxylation sites is 2. The van der Waals surface area contributed by atoms with Crippen molar-refractivity contribution < 1.29 is 20.1 Å². The van der Waals surface area contributed by atoms with Gasteiger partial charge in [0.25, 0.3) is 0 Å². The van der Waals surface area contributed by atoms with Crippen molar-refractivity contribution in [2.75, 3.05) is 0 Å². The number of phenols is 2. The lowest BCUT2D eigenvalue weighted by Crippen LogP contribution is -2.22. The number of hydrogen-bond donors (Lipinski definition) is 3. The number of aryl methyl sites for hydroxylation is 3. The van der Waals surface area contributed by atoms with Gasteiger partial charge in [0.2, 0.25) is 0 Å². The number of aromatic amines is 1. The fourth-order valence-corrected chi connectivity index (χ4v) is 3.69. The number of imidazole rings is 1. The van der Waals surface area contributed by atoms with E-state index in [1.807, 2.05) is 42.8 Å². The highest BCUT2D eigenvalue weighted by Crippen LogP contribution is 2.40. The van der Waals surface area contributed by atoms with Gasteiger partial charge in [-0.1, -0.05) is 19.1 Å². The van der Waals surface area contributed by atoms with Gasteiger partial charge in [-0.2, -0.15) is 5.10 Å². The van der Waals surface area contributed by atoms with Crippen molar-refractivity contribution in [3.63, 3.8) is 0 Å². The Morgan fingerprint density at radius 3 is 2.67 bits per heavy atom.